The van der Waals surface area contributed by atoms with Crippen LogP contribution in [0.4, 0.5) is 0 Å². The van der Waals surface area contributed by atoms with Crippen LogP contribution in [0.2, 0.25) is 0 Å². The van der Waals surface area contributed by atoms with Gasteiger partial charge in [0, 0.05) is 5.56 Å². The number of benzene rings is 1. The van der Waals surface area contributed by atoms with Gasteiger partial charge in [-0.3, -0.25) is 0 Å². The van der Waals surface area contributed by atoms with Gasteiger partial charge in [0.25, 0.3) is 0 Å². The van der Waals surface area contributed by atoms with Gasteiger partial charge in [0.15, 0.2) is 5.75 Å². The van der Waals surface area contributed by atoms with Gasteiger partial charge in [-0.25, -0.2) is 9.97 Å². The van der Waals surface area contributed by atoms with E-state index in [4.69, 9.17) is 4.74 Å². The Labute approximate surface area is 184 Å². The first-order valence-electron chi connectivity index (χ1n) is 12.3. The lowest BCUT2D eigenvalue weighted by molar-refractivity contribution is 0.290. The monoisotopic (exact) mass is 410 g/mol. The molecule has 0 saturated heterocycles. The standard InChI is InChI=1S/C27H42N2O/c1-4-6-8-9-10-11-17-24-18-12-13-19-25(24)27-26(21-28-22-29-27)30-20-14-16-23(3)15-7-5-2/h12-13,18-19,21-23H,4-11,14-17,20H2,1-3H3. The second-order valence-corrected chi connectivity index (χ2v) is 8.65. The molecule has 3 heteroatoms. The van der Waals surface area contributed by atoms with Crippen molar-refractivity contribution in [2.24, 2.45) is 5.92 Å². The first-order valence-corrected chi connectivity index (χ1v) is 12.3. The van der Waals surface area contributed by atoms with Crippen molar-refractivity contribution in [3.05, 3.63) is 42.4 Å². The predicted octanol–water partition coefficient (Wildman–Crippen LogP) is 8.03. The first-order chi connectivity index (χ1) is 14.8. The molecule has 0 N–H and O–H groups in total. The molecule has 2 rings (SSSR count). The van der Waals surface area contributed by atoms with E-state index in [9.17, 15) is 0 Å². The first kappa shape index (κ1) is 24.4. The Morgan fingerprint density at radius 1 is 0.867 bits per heavy atom. The fourth-order valence-corrected chi connectivity index (χ4v) is 4.00. The number of aryl methyl sites for hydroxylation is 1. The molecule has 0 aliphatic rings. The van der Waals surface area contributed by atoms with E-state index >= 15 is 0 Å². The second-order valence-electron chi connectivity index (χ2n) is 8.65. The summed E-state index contributed by atoms with van der Waals surface area (Å²) in [5.74, 6) is 1.59. The van der Waals surface area contributed by atoms with Crippen molar-refractivity contribution in [1.82, 2.24) is 9.97 Å². The highest BCUT2D eigenvalue weighted by molar-refractivity contribution is 5.69. The number of rotatable bonds is 16. The maximum absolute atomic E-state index is 6.15. The fraction of sp³-hybridized carbons (Fsp3) is 0.630. The molecule has 1 unspecified atom stereocenters. The van der Waals surface area contributed by atoms with Crippen molar-refractivity contribution in [2.45, 2.75) is 97.8 Å². The van der Waals surface area contributed by atoms with Gasteiger partial charge in [0.05, 0.1) is 12.8 Å². The summed E-state index contributed by atoms with van der Waals surface area (Å²) in [7, 11) is 0. The highest BCUT2D eigenvalue weighted by atomic mass is 16.5. The summed E-state index contributed by atoms with van der Waals surface area (Å²) in [5.41, 5.74) is 3.50. The van der Waals surface area contributed by atoms with Gasteiger partial charge in [-0.1, -0.05) is 96.4 Å². The Balaban J connectivity index is 1.93. The lowest BCUT2D eigenvalue weighted by atomic mass is 9.98. The third kappa shape index (κ3) is 8.85. The lowest BCUT2D eigenvalue weighted by Gasteiger charge is -2.14. The summed E-state index contributed by atoms with van der Waals surface area (Å²) < 4.78 is 6.15. The quantitative estimate of drug-likeness (QED) is 0.263. The average Bonchev–Trinajstić information content (AvgIpc) is 2.78. The average molecular weight is 411 g/mol. The van der Waals surface area contributed by atoms with Crippen LogP contribution in [0.25, 0.3) is 11.3 Å². The molecule has 0 fully saturated rings. The molecule has 0 amide bonds. The van der Waals surface area contributed by atoms with Crippen LogP contribution in [0.3, 0.4) is 0 Å². The number of hydrogen-bond acceptors (Lipinski definition) is 3. The van der Waals surface area contributed by atoms with E-state index < -0.39 is 0 Å². The van der Waals surface area contributed by atoms with Crippen LogP contribution in [0.5, 0.6) is 5.75 Å². The topological polar surface area (TPSA) is 35.0 Å². The predicted molar refractivity (Wildman–Crippen MR) is 128 cm³/mol. The molecule has 166 valence electrons. The Morgan fingerprint density at radius 3 is 2.43 bits per heavy atom. The van der Waals surface area contributed by atoms with E-state index in [-0.39, 0.29) is 0 Å². The molecule has 0 spiro atoms. The zero-order valence-corrected chi connectivity index (χ0v) is 19.5. The van der Waals surface area contributed by atoms with E-state index in [2.05, 4.69) is 55.0 Å². The van der Waals surface area contributed by atoms with Gasteiger partial charge in [-0.15, -0.1) is 0 Å². The van der Waals surface area contributed by atoms with Crippen LogP contribution in [-0.2, 0) is 6.42 Å². The molecule has 1 atom stereocenters. The smallest absolute Gasteiger partial charge is 0.163 e. The number of ether oxygens (including phenoxy) is 1. The highest BCUT2D eigenvalue weighted by Crippen LogP contribution is 2.31. The summed E-state index contributed by atoms with van der Waals surface area (Å²) in [4.78, 5) is 8.82. The number of hydrogen-bond donors (Lipinski definition) is 0. The van der Waals surface area contributed by atoms with E-state index in [1.165, 1.54) is 75.3 Å². The fourth-order valence-electron chi connectivity index (χ4n) is 4.00. The normalized spacial score (nSPS) is 12.1. The molecular weight excluding hydrogens is 368 g/mol. The summed E-state index contributed by atoms with van der Waals surface area (Å²) >= 11 is 0. The molecule has 3 nitrogen and oxygen atoms in total. The number of unbranched alkanes of at least 4 members (excludes halogenated alkanes) is 6. The molecule has 1 aromatic carbocycles. The van der Waals surface area contributed by atoms with Gasteiger partial charge in [0.1, 0.15) is 12.0 Å². The zero-order chi connectivity index (χ0) is 21.4. The minimum Gasteiger partial charge on any atom is -0.490 e. The maximum atomic E-state index is 6.15. The Bertz CT molecular complexity index is 701. The molecule has 0 bridgehead atoms. The Morgan fingerprint density at radius 2 is 1.60 bits per heavy atom. The van der Waals surface area contributed by atoms with Crippen LogP contribution in [0, 0.1) is 5.92 Å². The third-order valence-corrected chi connectivity index (χ3v) is 5.90. The minimum absolute atomic E-state index is 0.733. The van der Waals surface area contributed by atoms with Crippen molar-refractivity contribution in [3.8, 4) is 17.0 Å². The van der Waals surface area contributed by atoms with Crippen LogP contribution in [0.15, 0.2) is 36.8 Å². The molecule has 0 aliphatic carbocycles. The van der Waals surface area contributed by atoms with Gasteiger partial charge < -0.3 is 4.74 Å². The van der Waals surface area contributed by atoms with E-state index in [1.807, 2.05) is 6.20 Å². The largest absolute Gasteiger partial charge is 0.490 e. The minimum atomic E-state index is 0.733. The van der Waals surface area contributed by atoms with E-state index in [0.29, 0.717) is 0 Å². The summed E-state index contributed by atoms with van der Waals surface area (Å²) in [6.45, 7) is 7.61. The molecule has 1 aromatic heterocycles. The van der Waals surface area contributed by atoms with Crippen LogP contribution >= 0.6 is 0 Å². The van der Waals surface area contributed by atoms with Gasteiger partial charge in [-0.2, -0.15) is 0 Å². The highest BCUT2D eigenvalue weighted by Gasteiger charge is 2.12. The molecule has 0 aliphatic heterocycles. The molecule has 0 saturated carbocycles. The Kier molecular flexibility index (Phi) is 12.2. The van der Waals surface area contributed by atoms with E-state index in [1.54, 1.807) is 6.33 Å². The zero-order valence-electron chi connectivity index (χ0n) is 19.5. The van der Waals surface area contributed by atoms with Crippen molar-refractivity contribution >= 4 is 0 Å². The molecule has 2 aromatic rings. The number of nitrogens with zero attached hydrogens (tertiary/aromatic N) is 2. The molecule has 0 radical (unpaired) electrons. The second kappa shape index (κ2) is 15.0. The van der Waals surface area contributed by atoms with E-state index in [0.717, 1.165) is 36.8 Å². The molecule has 30 heavy (non-hydrogen) atoms. The van der Waals surface area contributed by atoms with Crippen molar-refractivity contribution in [2.75, 3.05) is 6.61 Å². The van der Waals surface area contributed by atoms with Crippen LogP contribution in [0.1, 0.15) is 97.0 Å². The Hall–Kier alpha value is -1.90. The number of aromatic nitrogens is 2. The van der Waals surface area contributed by atoms with Crippen molar-refractivity contribution in [3.63, 3.8) is 0 Å². The molecule has 1 heterocycles. The lowest BCUT2D eigenvalue weighted by Crippen LogP contribution is -2.04. The van der Waals surface area contributed by atoms with Gasteiger partial charge in [-0.05, 0) is 37.2 Å². The van der Waals surface area contributed by atoms with Gasteiger partial charge >= 0.3 is 0 Å². The summed E-state index contributed by atoms with van der Waals surface area (Å²) in [6.07, 6.45) is 18.7. The van der Waals surface area contributed by atoms with Crippen LogP contribution in [-0.4, -0.2) is 16.6 Å². The van der Waals surface area contributed by atoms with Gasteiger partial charge in [0.2, 0.25) is 0 Å². The summed E-state index contributed by atoms with van der Waals surface area (Å²) in [5, 5.41) is 0. The van der Waals surface area contributed by atoms with Crippen LogP contribution < -0.4 is 4.74 Å². The third-order valence-electron chi connectivity index (χ3n) is 5.90. The molecular formula is C27H42N2O. The SMILES string of the molecule is CCCCCCCCc1ccccc1-c1ncncc1OCCCC(C)CCCC. The van der Waals surface area contributed by atoms with Crippen molar-refractivity contribution < 1.29 is 4.74 Å². The summed E-state index contributed by atoms with van der Waals surface area (Å²) in [6, 6.07) is 8.65. The maximum Gasteiger partial charge on any atom is 0.163 e. The van der Waals surface area contributed by atoms with Crippen molar-refractivity contribution in [1.29, 1.82) is 0 Å².